The van der Waals surface area contributed by atoms with Crippen molar-refractivity contribution < 1.29 is 4.74 Å². The van der Waals surface area contributed by atoms with Crippen LogP contribution in [-0.4, -0.2) is 25.2 Å². The maximum Gasteiger partial charge on any atom is 0.170 e. The zero-order valence-corrected chi connectivity index (χ0v) is 9.91. The van der Waals surface area contributed by atoms with E-state index in [1.165, 1.54) is 12.8 Å². The number of aromatic nitrogens is 1. The summed E-state index contributed by atoms with van der Waals surface area (Å²) in [6.07, 6.45) is 4.53. The van der Waals surface area contributed by atoms with Crippen LogP contribution in [0, 0.1) is 0 Å². The smallest absolute Gasteiger partial charge is 0.170 e. The van der Waals surface area contributed by atoms with Gasteiger partial charge in [0.05, 0.1) is 6.10 Å². The van der Waals surface area contributed by atoms with Crippen molar-refractivity contribution in [3.05, 3.63) is 16.7 Å². The molecule has 4 heteroatoms. The second-order valence-corrected chi connectivity index (χ2v) is 4.60. The summed E-state index contributed by atoms with van der Waals surface area (Å²) in [7, 11) is 3.94. The Morgan fingerprint density at radius 2 is 2.21 bits per heavy atom. The normalized spacial score (nSPS) is 15.4. The Balaban J connectivity index is 2.27. The Labute approximate surface area is 92.2 Å². The molecule has 14 heavy (non-hydrogen) atoms. The van der Waals surface area contributed by atoms with Crippen molar-refractivity contribution in [3.63, 3.8) is 0 Å². The average molecular weight is 257 g/mol. The number of hydrogen-bond acceptors (Lipinski definition) is 3. The van der Waals surface area contributed by atoms with Gasteiger partial charge in [-0.25, -0.2) is 4.98 Å². The predicted octanol–water partition coefficient (Wildman–Crippen LogP) is 2.45. The maximum absolute atomic E-state index is 5.76. The second kappa shape index (κ2) is 3.77. The van der Waals surface area contributed by atoms with E-state index in [2.05, 4.69) is 20.9 Å². The third kappa shape index (κ3) is 2.18. The van der Waals surface area contributed by atoms with Crippen molar-refractivity contribution in [2.75, 3.05) is 19.0 Å². The summed E-state index contributed by atoms with van der Waals surface area (Å²) in [6, 6.07) is 1.97. The molecule has 1 fully saturated rings. The topological polar surface area (TPSA) is 25.4 Å². The van der Waals surface area contributed by atoms with Crippen LogP contribution in [0.15, 0.2) is 16.7 Å². The summed E-state index contributed by atoms with van der Waals surface area (Å²) in [6.45, 7) is 0. The van der Waals surface area contributed by atoms with E-state index in [-0.39, 0.29) is 0 Å². The van der Waals surface area contributed by atoms with Gasteiger partial charge in [-0.2, -0.15) is 0 Å². The molecule has 3 nitrogen and oxygen atoms in total. The third-order valence-electron chi connectivity index (χ3n) is 2.04. The minimum atomic E-state index is 0.407. The molecule has 0 spiro atoms. The molecule has 0 aromatic carbocycles. The number of anilines is 1. The van der Waals surface area contributed by atoms with Gasteiger partial charge in [0.1, 0.15) is 0 Å². The number of hydrogen-bond donors (Lipinski definition) is 0. The second-order valence-electron chi connectivity index (χ2n) is 3.69. The zero-order valence-electron chi connectivity index (χ0n) is 8.33. The lowest BCUT2D eigenvalue weighted by Gasteiger charge is -2.16. The first-order valence-corrected chi connectivity index (χ1v) is 5.45. The zero-order chi connectivity index (χ0) is 10.1. The quantitative estimate of drug-likeness (QED) is 0.831. The SMILES string of the molecule is CN(C)c1ncc(Br)cc1OC1CC1. The van der Waals surface area contributed by atoms with Gasteiger partial charge in [0.2, 0.25) is 0 Å². The molecule has 1 aromatic rings. The van der Waals surface area contributed by atoms with Crippen LogP contribution in [0.3, 0.4) is 0 Å². The van der Waals surface area contributed by atoms with Crippen LogP contribution in [0.25, 0.3) is 0 Å². The van der Waals surface area contributed by atoms with Crippen LogP contribution in [0.2, 0.25) is 0 Å². The van der Waals surface area contributed by atoms with Gasteiger partial charge in [-0.15, -0.1) is 0 Å². The largest absolute Gasteiger partial charge is 0.487 e. The fraction of sp³-hybridized carbons (Fsp3) is 0.500. The molecule has 1 aliphatic carbocycles. The van der Waals surface area contributed by atoms with Gasteiger partial charge in [-0.3, -0.25) is 0 Å². The summed E-state index contributed by atoms with van der Waals surface area (Å²) < 4.78 is 6.72. The molecule has 1 aliphatic rings. The lowest BCUT2D eigenvalue weighted by molar-refractivity contribution is 0.302. The Morgan fingerprint density at radius 3 is 2.79 bits per heavy atom. The summed E-state index contributed by atoms with van der Waals surface area (Å²) >= 11 is 3.39. The molecule has 2 rings (SSSR count). The van der Waals surface area contributed by atoms with Crippen molar-refractivity contribution in [1.82, 2.24) is 4.98 Å². The Bertz CT molecular complexity index is 337. The van der Waals surface area contributed by atoms with Crippen molar-refractivity contribution in [2.45, 2.75) is 18.9 Å². The number of nitrogens with zero attached hydrogens (tertiary/aromatic N) is 2. The van der Waals surface area contributed by atoms with E-state index < -0.39 is 0 Å². The number of rotatable bonds is 3. The average Bonchev–Trinajstić information content (AvgIpc) is 2.87. The molecule has 1 aromatic heterocycles. The lowest BCUT2D eigenvalue weighted by atomic mass is 10.4. The van der Waals surface area contributed by atoms with Gasteiger partial charge in [0, 0.05) is 24.8 Å². The Hall–Kier alpha value is -0.770. The van der Waals surface area contributed by atoms with Gasteiger partial charge in [-0.05, 0) is 34.8 Å². The molecule has 0 radical (unpaired) electrons. The van der Waals surface area contributed by atoms with Crippen molar-refractivity contribution in [3.8, 4) is 5.75 Å². The van der Waals surface area contributed by atoms with Crippen molar-refractivity contribution in [1.29, 1.82) is 0 Å². The standard InChI is InChI=1S/C10H13BrN2O/c1-13(2)10-9(14-8-3-4-8)5-7(11)6-12-10/h5-6,8H,3-4H2,1-2H3. The van der Waals surface area contributed by atoms with Gasteiger partial charge in [0.25, 0.3) is 0 Å². The third-order valence-corrected chi connectivity index (χ3v) is 2.47. The molecule has 76 valence electrons. The fourth-order valence-corrected chi connectivity index (χ4v) is 1.51. The number of ether oxygens (including phenoxy) is 1. The summed E-state index contributed by atoms with van der Waals surface area (Å²) in [5.74, 6) is 1.76. The molecular weight excluding hydrogens is 244 g/mol. The van der Waals surface area contributed by atoms with Gasteiger partial charge in [0.15, 0.2) is 11.6 Å². The fourth-order valence-electron chi connectivity index (χ4n) is 1.20. The minimum Gasteiger partial charge on any atom is -0.487 e. The summed E-state index contributed by atoms with van der Waals surface area (Å²) in [4.78, 5) is 6.28. The maximum atomic E-state index is 5.76. The molecule has 0 atom stereocenters. The molecule has 1 heterocycles. The van der Waals surface area contributed by atoms with Gasteiger partial charge >= 0.3 is 0 Å². The van der Waals surface area contributed by atoms with Crippen LogP contribution in [0.4, 0.5) is 5.82 Å². The molecule has 0 saturated heterocycles. The molecule has 0 unspecified atom stereocenters. The van der Waals surface area contributed by atoms with E-state index in [9.17, 15) is 0 Å². The molecule has 0 aliphatic heterocycles. The van der Waals surface area contributed by atoms with E-state index in [1.54, 1.807) is 6.20 Å². The summed E-state index contributed by atoms with van der Waals surface area (Å²) in [5.41, 5.74) is 0. The lowest BCUT2D eigenvalue weighted by Crippen LogP contribution is -2.13. The van der Waals surface area contributed by atoms with Crippen LogP contribution in [0.5, 0.6) is 5.75 Å². The Morgan fingerprint density at radius 1 is 1.50 bits per heavy atom. The minimum absolute atomic E-state index is 0.407. The number of halogens is 1. The highest BCUT2D eigenvalue weighted by Crippen LogP contribution is 2.33. The van der Waals surface area contributed by atoms with E-state index >= 15 is 0 Å². The van der Waals surface area contributed by atoms with Crippen LogP contribution in [0.1, 0.15) is 12.8 Å². The molecule has 0 amide bonds. The first kappa shape index (κ1) is 9.77. The molecular formula is C10H13BrN2O. The van der Waals surface area contributed by atoms with Crippen molar-refractivity contribution >= 4 is 21.7 Å². The molecule has 1 saturated carbocycles. The summed E-state index contributed by atoms with van der Waals surface area (Å²) in [5, 5.41) is 0. The van der Waals surface area contributed by atoms with Crippen LogP contribution in [-0.2, 0) is 0 Å². The van der Waals surface area contributed by atoms with Gasteiger partial charge in [-0.1, -0.05) is 0 Å². The van der Waals surface area contributed by atoms with E-state index in [0.29, 0.717) is 6.10 Å². The Kier molecular flexibility index (Phi) is 2.63. The van der Waals surface area contributed by atoms with E-state index in [4.69, 9.17) is 4.74 Å². The highest BCUT2D eigenvalue weighted by atomic mass is 79.9. The van der Waals surface area contributed by atoms with E-state index in [1.807, 2.05) is 25.1 Å². The highest BCUT2D eigenvalue weighted by molar-refractivity contribution is 9.10. The highest BCUT2D eigenvalue weighted by Gasteiger charge is 2.25. The number of pyridine rings is 1. The van der Waals surface area contributed by atoms with Crippen LogP contribution < -0.4 is 9.64 Å². The first-order valence-electron chi connectivity index (χ1n) is 4.66. The monoisotopic (exact) mass is 256 g/mol. The van der Waals surface area contributed by atoms with Crippen molar-refractivity contribution in [2.24, 2.45) is 0 Å². The molecule has 0 N–H and O–H groups in total. The van der Waals surface area contributed by atoms with Gasteiger partial charge < -0.3 is 9.64 Å². The first-order chi connectivity index (χ1) is 6.66. The predicted molar refractivity (Wildman–Crippen MR) is 59.9 cm³/mol. The molecule has 0 bridgehead atoms. The van der Waals surface area contributed by atoms with E-state index in [0.717, 1.165) is 16.0 Å². The van der Waals surface area contributed by atoms with Crippen LogP contribution >= 0.6 is 15.9 Å².